The first kappa shape index (κ1) is 12.4. The predicted molar refractivity (Wildman–Crippen MR) is 65.2 cm³/mol. The van der Waals surface area contributed by atoms with Crippen molar-refractivity contribution in [2.24, 2.45) is 5.92 Å². The first-order valence-corrected chi connectivity index (χ1v) is 6.17. The summed E-state index contributed by atoms with van der Waals surface area (Å²) in [4.78, 5) is 0. The maximum Gasteiger partial charge on any atom is 0.109 e. The van der Waals surface area contributed by atoms with Gasteiger partial charge in [-0.3, -0.25) is 0 Å². The zero-order valence-corrected chi connectivity index (χ0v) is 10.5. The van der Waals surface area contributed by atoms with E-state index < -0.39 is 0 Å². The Bertz CT molecular complexity index is 271. The van der Waals surface area contributed by atoms with Crippen molar-refractivity contribution in [1.29, 1.82) is 0 Å². The largest absolute Gasteiger partial charge is 0.469 e. The molecule has 1 nitrogen and oxygen atoms in total. The average Bonchev–Trinajstić information content (AvgIpc) is 2.60. The summed E-state index contributed by atoms with van der Waals surface area (Å²) in [7, 11) is 0. The first-order chi connectivity index (χ1) is 7.11. The van der Waals surface area contributed by atoms with E-state index in [4.69, 9.17) is 4.42 Å². The Labute approximate surface area is 93.9 Å². The molecule has 0 fully saturated rings. The van der Waals surface area contributed by atoms with Gasteiger partial charge < -0.3 is 4.42 Å². The minimum Gasteiger partial charge on any atom is -0.469 e. The topological polar surface area (TPSA) is 13.1 Å². The highest BCUT2D eigenvalue weighted by Crippen LogP contribution is 2.22. The van der Waals surface area contributed by atoms with Crippen LogP contribution in [0.15, 0.2) is 16.7 Å². The van der Waals surface area contributed by atoms with Crippen molar-refractivity contribution < 1.29 is 4.42 Å². The number of unbranched alkanes of at least 4 members (excludes halogenated alkanes) is 1. The van der Waals surface area contributed by atoms with Crippen LogP contribution in [0.1, 0.15) is 64.2 Å². The van der Waals surface area contributed by atoms with Crippen molar-refractivity contribution >= 4 is 0 Å². The van der Waals surface area contributed by atoms with Crippen LogP contribution < -0.4 is 0 Å². The van der Waals surface area contributed by atoms with E-state index in [2.05, 4.69) is 33.8 Å². The Balaban J connectivity index is 2.34. The summed E-state index contributed by atoms with van der Waals surface area (Å²) in [6.45, 7) is 8.96. The molecule has 0 spiro atoms. The molecule has 0 unspecified atom stereocenters. The Morgan fingerprint density at radius 1 is 1.13 bits per heavy atom. The van der Waals surface area contributed by atoms with Crippen LogP contribution in [-0.2, 0) is 6.42 Å². The summed E-state index contributed by atoms with van der Waals surface area (Å²) in [6, 6.07) is 2.13. The van der Waals surface area contributed by atoms with Gasteiger partial charge in [-0.05, 0) is 30.4 Å². The molecule has 0 N–H and O–H groups in total. The fraction of sp³-hybridized carbons (Fsp3) is 0.714. The molecule has 0 aliphatic heterocycles. The lowest BCUT2D eigenvalue weighted by Gasteiger charge is -2.06. The van der Waals surface area contributed by atoms with E-state index in [9.17, 15) is 0 Å². The fourth-order valence-electron chi connectivity index (χ4n) is 1.93. The Kier molecular flexibility index (Phi) is 4.93. The third kappa shape index (κ3) is 4.11. The van der Waals surface area contributed by atoms with Crippen LogP contribution in [0.2, 0.25) is 0 Å². The molecule has 0 amide bonds. The molecule has 1 aromatic heterocycles. The Morgan fingerprint density at radius 3 is 2.47 bits per heavy atom. The molecular formula is C14H24O. The van der Waals surface area contributed by atoms with Crippen molar-refractivity contribution in [3.05, 3.63) is 23.7 Å². The molecule has 1 heterocycles. The second-order valence-corrected chi connectivity index (χ2v) is 5.10. The maximum atomic E-state index is 5.50. The number of hydrogen-bond acceptors (Lipinski definition) is 1. The van der Waals surface area contributed by atoms with Gasteiger partial charge in [0.15, 0.2) is 0 Å². The SMILES string of the molecule is CC(C)CCCCc1ccoc1C(C)C. The van der Waals surface area contributed by atoms with Gasteiger partial charge in [0.2, 0.25) is 0 Å². The molecule has 0 aromatic carbocycles. The summed E-state index contributed by atoms with van der Waals surface area (Å²) >= 11 is 0. The highest BCUT2D eigenvalue weighted by atomic mass is 16.3. The Hall–Kier alpha value is -0.720. The maximum absolute atomic E-state index is 5.50. The fourth-order valence-corrected chi connectivity index (χ4v) is 1.93. The summed E-state index contributed by atoms with van der Waals surface area (Å²) in [5, 5.41) is 0. The molecule has 0 radical (unpaired) electrons. The van der Waals surface area contributed by atoms with E-state index in [0.29, 0.717) is 5.92 Å². The average molecular weight is 208 g/mol. The highest BCUT2D eigenvalue weighted by Gasteiger charge is 2.09. The molecule has 15 heavy (non-hydrogen) atoms. The van der Waals surface area contributed by atoms with Crippen LogP contribution in [0, 0.1) is 5.92 Å². The summed E-state index contributed by atoms with van der Waals surface area (Å²) < 4.78 is 5.50. The van der Waals surface area contributed by atoms with E-state index in [1.165, 1.54) is 37.0 Å². The zero-order valence-electron chi connectivity index (χ0n) is 10.5. The van der Waals surface area contributed by atoms with Gasteiger partial charge in [0, 0.05) is 5.92 Å². The number of hydrogen-bond donors (Lipinski definition) is 0. The van der Waals surface area contributed by atoms with E-state index >= 15 is 0 Å². The molecular weight excluding hydrogens is 184 g/mol. The van der Waals surface area contributed by atoms with Gasteiger partial charge in [-0.1, -0.05) is 40.5 Å². The van der Waals surface area contributed by atoms with E-state index in [-0.39, 0.29) is 0 Å². The quantitative estimate of drug-likeness (QED) is 0.614. The van der Waals surface area contributed by atoms with Crippen molar-refractivity contribution in [3.8, 4) is 0 Å². The lowest BCUT2D eigenvalue weighted by atomic mass is 10.00. The first-order valence-electron chi connectivity index (χ1n) is 6.17. The van der Waals surface area contributed by atoms with Gasteiger partial charge in [0.1, 0.15) is 5.76 Å². The minimum absolute atomic E-state index is 0.514. The standard InChI is InChI=1S/C14H24O/c1-11(2)7-5-6-8-13-9-10-15-14(13)12(3)4/h9-12H,5-8H2,1-4H3. The molecule has 86 valence electrons. The lowest BCUT2D eigenvalue weighted by molar-refractivity contribution is 0.478. The van der Waals surface area contributed by atoms with Gasteiger partial charge in [-0.25, -0.2) is 0 Å². The zero-order chi connectivity index (χ0) is 11.3. The summed E-state index contributed by atoms with van der Waals surface area (Å²) in [5.74, 6) is 2.53. The van der Waals surface area contributed by atoms with Crippen LogP contribution >= 0.6 is 0 Å². The normalized spacial score (nSPS) is 11.6. The third-order valence-electron chi connectivity index (χ3n) is 2.78. The smallest absolute Gasteiger partial charge is 0.109 e. The van der Waals surface area contributed by atoms with Crippen LogP contribution in [0.5, 0.6) is 0 Å². The van der Waals surface area contributed by atoms with Crippen LogP contribution in [-0.4, -0.2) is 0 Å². The van der Waals surface area contributed by atoms with Crippen LogP contribution in [0.3, 0.4) is 0 Å². The second-order valence-electron chi connectivity index (χ2n) is 5.10. The van der Waals surface area contributed by atoms with Crippen LogP contribution in [0.4, 0.5) is 0 Å². The minimum atomic E-state index is 0.514. The molecule has 1 rings (SSSR count). The van der Waals surface area contributed by atoms with E-state index in [0.717, 1.165) is 5.92 Å². The summed E-state index contributed by atoms with van der Waals surface area (Å²) in [6.07, 6.45) is 6.97. The molecule has 1 heteroatoms. The monoisotopic (exact) mass is 208 g/mol. The molecule has 0 atom stereocenters. The number of aryl methyl sites for hydroxylation is 1. The van der Waals surface area contributed by atoms with E-state index in [1.54, 1.807) is 0 Å². The van der Waals surface area contributed by atoms with Crippen LogP contribution in [0.25, 0.3) is 0 Å². The van der Waals surface area contributed by atoms with Gasteiger partial charge in [0.05, 0.1) is 6.26 Å². The molecule has 0 saturated carbocycles. The van der Waals surface area contributed by atoms with Crippen molar-refractivity contribution in [3.63, 3.8) is 0 Å². The van der Waals surface area contributed by atoms with Gasteiger partial charge >= 0.3 is 0 Å². The number of furan rings is 1. The van der Waals surface area contributed by atoms with Crippen molar-refractivity contribution in [2.45, 2.75) is 59.3 Å². The third-order valence-corrected chi connectivity index (χ3v) is 2.78. The second kappa shape index (κ2) is 5.99. The molecule has 0 saturated heterocycles. The number of rotatable bonds is 6. The predicted octanol–water partition coefficient (Wildman–Crippen LogP) is 4.77. The molecule has 0 aliphatic carbocycles. The van der Waals surface area contributed by atoms with Gasteiger partial charge in [-0.2, -0.15) is 0 Å². The van der Waals surface area contributed by atoms with Gasteiger partial charge in [-0.15, -0.1) is 0 Å². The van der Waals surface area contributed by atoms with Gasteiger partial charge in [0.25, 0.3) is 0 Å². The lowest BCUT2D eigenvalue weighted by Crippen LogP contribution is -1.93. The highest BCUT2D eigenvalue weighted by molar-refractivity contribution is 5.19. The Morgan fingerprint density at radius 2 is 1.87 bits per heavy atom. The van der Waals surface area contributed by atoms with Crippen molar-refractivity contribution in [2.75, 3.05) is 0 Å². The van der Waals surface area contributed by atoms with E-state index in [1.807, 2.05) is 6.26 Å². The molecule has 0 bridgehead atoms. The molecule has 0 aliphatic rings. The summed E-state index contributed by atoms with van der Waals surface area (Å²) in [5.41, 5.74) is 1.41. The molecule has 1 aromatic rings. The van der Waals surface area contributed by atoms with Crippen molar-refractivity contribution in [1.82, 2.24) is 0 Å².